The lowest BCUT2D eigenvalue weighted by Gasteiger charge is -2.36. The second-order valence-corrected chi connectivity index (χ2v) is 7.44. The molecule has 2 amide bonds. The predicted octanol–water partition coefficient (Wildman–Crippen LogP) is 3.53. The molecule has 1 fully saturated rings. The molecular formula is C20H25BrN4O2. The van der Waals surface area contributed by atoms with Gasteiger partial charge in [0.05, 0.1) is 6.61 Å². The van der Waals surface area contributed by atoms with Crippen LogP contribution in [0.2, 0.25) is 0 Å². The molecule has 0 spiro atoms. The number of nitrogens with zero attached hydrogens (tertiary/aromatic N) is 2. The quantitative estimate of drug-likeness (QED) is 0.656. The summed E-state index contributed by atoms with van der Waals surface area (Å²) >= 11 is 3.48. The van der Waals surface area contributed by atoms with E-state index < -0.39 is 6.03 Å². The van der Waals surface area contributed by atoms with Crippen molar-refractivity contribution in [3.05, 3.63) is 53.0 Å². The van der Waals surface area contributed by atoms with Crippen molar-refractivity contribution in [2.45, 2.75) is 6.42 Å². The first-order chi connectivity index (χ1) is 13.1. The van der Waals surface area contributed by atoms with Crippen LogP contribution in [-0.2, 0) is 0 Å². The number of nitrogens with one attached hydrogen (secondary N) is 1. The van der Waals surface area contributed by atoms with Gasteiger partial charge in [0.15, 0.2) is 0 Å². The number of nitrogens with two attached hydrogens (primary N) is 1. The number of rotatable bonds is 7. The van der Waals surface area contributed by atoms with Crippen molar-refractivity contribution < 1.29 is 9.53 Å². The Morgan fingerprint density at radius 1 is 1.04 bits per heavy atom. The molecule has 1 aliphatic rings. The van der Waals surface area contributed by atoms with Crippen molar-refractivity contribution in [2.75, 3.05) is 49.5 Å². The number of hydrogen-bond acceptors (Lipinski definition) is 4. The van der Waals surface area contributed by atoms with Gasteiger partial charge in [-0.15, -0.1) is 0 Å². The zero-order chi connectivity index (χ0) is 19.1. The van der Waals surface area contributed by atoms with Crippen LogP contribution >= 0.6 is 15.9 Å². The molecule has 144 valence electrons. The van der Waals surface area contributed by atoms with Crippen LogP contribution < -0.4 is 20.7 Å². The number of urea groups is 1. The molecule has 0 saturated carbocycles. The molecule has 1 saturated heterocycles. The van der Waals surface area contributed by atoms with Crippen LogP contribution in [0.4, 0.5) is 16.2 Å². The smallest absolute Gasteiger partial charge is 0.316 e. The van der Waals surface area contributed by atoms with E-state index in [2.05, 4.69) is 55.3 Å². The van der Waals surface area contributed by atoms with Gasteiger partial charge in [-0.1, -0.05) is 15.9 Å². The van der Waals surface area contributed by atoms with Gasteiger partial charge in [-0.2, -0.15) is 0 Å². The summed E-state index contributed by atoms with van der Waals surface area (Å²) in [7, 11) is 0. The molecule has 27 heavy (non-hydrogen) atoms. The Labute approximate surface area is 168 Å². The molecule has 0 unspecified atom stereocenters. The van der Waals surface area contributed by atoms with Gasteiger partial charge in [-0.25, -0.2) is 4.79 Å². The molecule has 1 heterocycles. The second-order valence-electron chi connectivity index (χ2n) is 6.52. The van der Waals surface area contributed by atoms with E-state index in [9.17, 15) is 4.79 Å². The molecule has 2 aromatic rings. The third-order valence-electron chi connectivity index (χ3n) is 4.57. The second kappa shape index (κ2) is 9.62. The summed E-state index contributed by atoms with van der Waals surface area (Å²) in [6.07, 6.45) is 0.986. The molecule has 2 aromatic carbocycles. The molecule has 0 radical (unpaired) electrons. The number of halogens is 1. The highest BCUT2D eigenvalue weighted by Crippen LogP contribution is 2.20. The van der Waals surface area contributed by atoms with Gasteiger partial charge in [0, 0.05) is 48.6 Å². The Kier molecular flexibility index (Phi) is 6.95. The Hall–Kier alpha value is -2.25. The minimum absolute atomic E-state index is 0.566. The fourth-order valence-corrected chi connectivity index (χ4v) is 3.40. The monoisotopic (exact) mass is 432 g/mol. The molecule has 0 aromatic heterocycles. The maximum absolute atomic E-state index is 10.8. The van der Waals surface area contributed by atoms with Crippen molar-refractivity contribution >= 4 is 33.3 Å². The number of anilines is 2. The summed E-state index contributed by atoms with van der Waals surface area (Å²) in [5.74, 6) is 0.796. The molecule has 0 aliphatic carbocycles. The minimum atomic E-state index is -0.566. The van der Waals surface area contributed by atoms with Crippen molar-refractivity contribution in [1.29, 1.82) is 0 Å². The lowest BCUT2D eigenvalue weighted by molar-refractivity contribution is 0.225. The molecule has 3 rings (SSSR count). The highest BCUT2D eigenvalue weighted by Gasteiger charge is 2.16. The summed E-state index contributed by atoms with van der Waals surface area (Å²) in [5.41, 5.74) is 7.04. The van der Waals surface area contributed by atoms with Crippen LogP contribution in [-0.4, -0.2) is 50.3 Å². The van der Waals surface area contributed by atoms with Gasteiger partial charge in [-0.05, 0) is 55.0 Å². The first kappa shape index (κ1) is 19.5. The van der Waals surface area contributed by atoms with Crippen LogP contribution in [0, 0.1) is 0 Å². The summed E-state index contributed by atoms with van der Waals surface area (Å²) in [6, 6.07) is 15.2. The maximum atomic E-state index is 10.8. The largest absolute Gasteiger partial charge is 0.494 e. The summed E-state index contributed by atoms with van der Waals surface area (Å²) in [6.45, 7) is 5.96. The topological polar surface area (TPSA) is 70.8 Å². The molecular weight excluding hydrogens is 408 g/mol. The van der Waals surface area contributed by atoms with Gasteiger partial charge < -0.3 is 20.7 Å². The Morgan fingerprint density at radius 2 is 1.70 bits per heavy atom. The fourth-order valence-electron chi connectivity index (χ4n) is 3.14. The molecule has 1 aliphatic heterocycles. The van der Waals surface area contributed by atoms with Gasteiger partial charge in [-0.3, -0.25) is 4.90 Å². The summed E-state index contributed by atoms with van der Waals surface area (Å²) in [4.78, 5) is 15.7. The van der Waals surface area contributed by atoms with Gasteiger partial charge in [0.25, 0.3) is 0 Å². The van der Waals surface area contributed by atoms with Crippen molar-refractivity contribution in [1.82, 2.24) is 4.90 Å². The van der Waals surface area contributed by atoms with E-state index in [0.29, 0.717) is 12.3 Å². The Balaban J connectivity index is 1.33. The van der Waals surface area contributed by atoms with E-state index in [1.807, 2.05) is 12.1 Å². The molecule has 0 atom stereocenters. The van der Waals surface area contributed by atoms with Crippen LogP contribution in [0.1, 0.15) is 6.42 Å². The van der Waals surface area contributed by atoms with E-state index in [1.165, 1.54) is 5.69 Å². The van der Waals surface area contributed by atoms with E-state index >= 15 is 0 Å². The van der Waals surface area contributed by atoms with Gasteiger partial charge in [0.1, 0.15) is 5.75 Å². The third kappa shape index (κ3) is 6.15. The SMILES string of the molecule is NC(=O)Nc1ccc(OCCCN2CCN(c3ccc(Br)cc3)CC2)cc1. The summed E-state index contributed by atoms with van der Waals surface area (Å²) in [5, 5.41) is 2.53. The highest BCUT2D eigenvalue weighted by atomic mass is 79.9. The average molecular weight is 433 g/mol. The van der Waals surface area contributed by atoms with E-state index in [4.69, 9.17) is 10.5 Å². The van der Waals surface area contributed by atoms with Crippen LogP contribution in [0.3, 0.4) is 0 Å². The third-order valence-corrected chi connectivity index (χ3v) is 5.10. The van der Waals surface area contributed by atoms with Crippen LogP contribution in [0.5, 0.6) is 5.75 Å². The number of ether oxygens (including phenoxy) is 1. The first-order valence-electron chi connectivity index (χ1n) is 9.12. The lowest BCUT2D eigenvalue weighted by Crippen LogP contribution is -2.46. The highest BCUT2D eigenvalue weighted by molar-refractivity contribution is 9.10. The van der Waals surface area contributed by atoms with Crippen LogP contribution in [0.25, 0.3) is 0 Å². The first-order valence-corrected chi connectivity index (χ1v) is 9.92. The van der Waals surface area contributed by atoms with Crippen LogP contribution in [0.15, 0.2) is 53.0 Å². The number of primary amides is 1. The Morgan fingerprint density at radius 3 is 2.33 bits per heavy atom. The normalized spacial score (nSPS) is 14.8. The minimum Gasteiger partial charge on any atom is -0.494 e. The predicted molar refractivity (Wildman–Crippen MR) is 113 cm³/mol. The number of piperazine rings is 1. The maximum Gasteiger partial charge on any atom is 0.316 e. The van der Waals surface area contributed by atoms with Gasteiger partial charge >= 0.3 is 6.03 Å². The molecule has 6 nitrogen and oxygen atoms in total. The fraction of sp³-hybridized carbons (Fsp3) is 0.350. The number of benzene rings is 2. The molecule has 7 heteroatoms. The summed E-state index contributed by atoms with van der Waals surface area (Å²) < 4.78 is 6.89. The molecule has 0 bridgehead atoms. The zero-order valence-electron chi connectivity index (χ0n) is 15.2. The van der Waals surface area contributed by atoms with E-state index in [-0.39, 0.29) is 0 Å². The zero-order valence-corrected chi connectivity index (χ0v) is 16.8. The van der Waals surface area contributed by atoms with E-state index in [1.54, 1.807) is 12.1 Å². The standard InChI is InChI=1S/C20H25BrN4O2/c21-16-2-6-18(7-3-16)25-13-11-24(12-14-25)10-1-15-27-19-8-4-17(5-9-19)23-20(22)26/h2-9H,1,10-15H2,(H3,22,23,26). The number of amides is 2. The van der Waals surface area contributed by atoms with Crippen molar-refractivity contribution in [3.63, 3.8) is 0 Å². The molecule has 3 N–H and O–H groups in total. The number of hydrogen-bond donors (Lipinski definition) is 2. The van der Waals surface area contributed by atoms with Crippen molar-refractivity contribution in [2.24, 2.45) is 5.73 Å². The van der Waals surface area contributed by atoms with Gasteiger partial charge in [0.2, 0.25) is 0 Å². The number of carbonyl (C=O) groups excluding carboxylic acids is 1. The van der Waals surface area contributed by atoms with E-state index in [0.717, 1.165) is 49.4 Å². The number of carbonyl (C=O) groups is 1. The lowest BCUT2D eigenvalue weighted by atomic mass is 10.2. The average Bonchev–Trinajstić information content (AvgIpc) is 2.67. The Bertz CT molecular complexity index is 729. The van der Waals surface area contributed by atoms with Crippen molar-refractivity contribution in [3.8, 4) is 5.75 Å².